The Balaban J connectivity index is 2.41. The molecule has 0 aliphatic rings. The molecule has 0 bridgehead atoms. The van der Waals surface area contributed by atoms with Crippen LogP contribution in [-0.4, -0.2) is 17.8 Å². The van der Waals surface area contributed by atoms with E-state index in [1.54, 1.807) is 23.9 Å². The molecule has 0 saturated heterocycles. The van der Waals surface area contributed by atoms with E-state index in [4.69, 9.17) is 0 Å². The van der Waals surface area contributed by atoms with Crippen molar-refractivity contribution < 1.29 is 4.39 Å². The highest BCUT2D eigenvalue weighted by Gasteiger charge is 1.94. The number of thioether (sulfide) groups is 2. The number of hydrogen-bond acceptors (Lipinski definition) is 2. The van der Waals surface area contributed by atoms with Crippen LogP contribution in [0.5, 0.6) is 0 Å². The zero-order valence-corrected chi connectivity index (χ0v) is 8.55. The van der Waals surface area contributed by atoms with Crippen LogP contribution < -0.4 is 0 Å². The van der Waals surface area contributed by atoms with E-state index >= 15 is 0 Å². The SMILES string of the molecule is CSCCSc1cccc(F)c1. The molecular formula is C9H11FS2. The molecule has 0 N–H and O–H groups in total. The highest BCUT2D eigenvalue weighted by molar-refractivity contribution is 8.02. The standard InChI is InChI=1S/C9H11FS2/c1-11-5-6-12-9-4-2-3-8(10)7-9/h2-4,7H,5-6H2,1H3. The molecular weight excluding hydrogens is 191 g/mol. The molecule has 0 saturated carbocycles. The predicted octanol–water partition coefficient (Wildman–Crippen LogP) is 3.28. The Kier molecular flexibility index (Phi) is 4.54. The van der Waals surface area contributed by atoms with Crippen LogP contribution in [0.15, 0.2) is 29.2 Å². The maximum atomic E-state index is 12.7. The largest absolute Gasteiger partial charge is 0.207 e. The van der Waals surface area contributed by atoms with Gasteiger partial charge in [-0.1, -0.05) is 6.07 Å². The molecule has 1 aromatic rings. The lowest BCUT2D eigenvalue weighted by atomic mass is 10.4. The van der Waals surface area contributed by atoms with E-state index in [0.717, 1.165) is 16.4 Å². The van der Waals surface area contributed by atoms with Gasteiger partial charge in [-0.25, -0.2) is 4.39 Å². The minimum absolute atomic E-state index is 0.149. The third-order valence-corrected chi connectivity index (χ3v) is 3.22. The fourth-order valence-electron chi connectivity index (χ4n) is 0.800. The van der Waals surface area contributed by atoms with Crippen LogP contribution in [0.2, 0.25) is 0 Å². The molecule has 66 valence electrons. The third kappa shape index (κ3) is 3.50. The minimum Gasteiger partial charge on any atom is -0.207 e. The van der Waals surface area contributed by atoms with E-state index < -0.39 is 0 Å². The average Bonchev–Trinajstić information content (AvgIpc) is 2.05. The number of rotatable bonds is 4. The van der Waals surface area contributed by atoms with Gasteiger partial charge in [-0.2, -0.15) is 11.8 Å². The zero-order valence-electron chi connectivity index (χ0n) is 6.92. The molecule has 0 aromatic heterocycles. The molecule has 0 atom stereocenters. The maximum absolute atomic E-state index is 12.7. The van der Waals surface area contributed by atoms with E-state index in [1.165, 1.54) is 6.07 Å². The highest BCUT2D eigenvalue weighted by Crippen LogP contribution is 2.19. The van der Waals surface area contributed by atoms with Crippen molar-refractivity contribution in [3.63, 3.8) is 0 Å². The molecule has 0 aliphatic carbocycles. The van der Waals surface area contributed by atoms with Gasteiger partial charge in [0.2, 0.25) is 0 Å². The van der Waals surface area contributed by atoms with Gasteiger partial charge < -0.3 is 0 Å². The lowest BCUT2D eigenvalue weighted by Gasteiger charge is -1.99. The molecule has 0 fully saturated rings. The molecule has 0 radical (unpaired) electrons. The first-order valence-electron chi connectivity index (χ1n) is 3.70. The first kappa shape index (κ1) is 9.93. The van der Waals surface area contributed by atoms with E-state index in [9.17, 15) is 4.39 Å². The van der Waals surface area contributed by atoms with Crippen molar-refractivity contribution in [2.45, 2.75) is 4.90 Å². The highest BCUT2D eigenvalue weighted by atomic mass is 32.2. The quantitative estimate of drug-likeness (QED) is 0.543. The fraction of sp³-hybridized carbons (Fsp3) is 0.333. The Hall–Kier alpha value is -0.150. The van der Waals surface area contributed by atoms with Gasteiger partial charge in [-0.3, -0.25) is 0 Å². The molecule has 0 aliphatic heterocycles. The van der Waals surface area contributed by atoms with Crippen molar-refractivity contribution in [1.82, 2.24) is 0 Å². The molecule has 1 aromatic carbocycles. The fourth-order valence-corrected chi connectivity index (χ4v) is 2.41. The molecule has 0 unspecified atom stereocenters. The van der Waals surface area contributed by atoms with E-state index in [1.807, 2.05) is 17.8 Å². The summed E-state index contributed by atoms with van der Waals surface area (Å²) in [6.45, 7) is 0. The van der Waals surface area contributed by atoms with Crippen molar-refractivity contribution in [2.75, 3.05) is 17.8 Å². The first-order chi connectivity index (χ1) is 5.83. The zero-order chi connectivity index (χ0) is 8.81. The van der Waals surface area contributed by atoms with Crippen LogP contribution in [0.3, 0.4) is 0 Å². The number of halogens is 1. The summed E-state index contributed by atoms with van der Waals surface area (Å²) >= 11 is 3.51. The minimum atomic E-state index is -0.149. The Labute approximate surface area is 80.9 Å². The summed E-state index contributed by atoms with van der Waals surface area (Å²) in [5.41, 5.74) is 0. The van der Waals surface area contributed by atoms with Gasteiger partial charge in [0.15, 0.2) is 0 Å². The van der Waals surface area contributed by atoms with E-state index in [-0.39, 0.29) is 5.82 Å². The Morgan fingerprint density at radius 3 is 2.83 bits per heavy atom. The molecule has 12 heavy (non-hydrogen) atoms. The second-order valence-corrected chi connectivity index (χ2v) is 4.45. The van der Waals surface area contributed by atoms with Gasteiger partial charge in [0.05, 0.1) is 0 Å². The second-order valence-electron chi connectivity index (χ2n) is 2.30. The van der Waals surface area contributed by atoms with Gasteiger partial charge in [0.25, 0.3) is 0 Å². The number of benzene rings is 1. The van der Waals surface area contributed by atoms with Crippen molar-refractivity contribution in [3.8, 4) is 0 Å². The summed E-state index contributed by atoms with van der Waals surface area (Å²) in [5, 5.41) is 0. The van der Waals surface area contributed by atoms with Crippen LogP contribution in [0.1, 0.15) is 0 Å². The van der Waals surface area contributed by atoms with Gasteiger partial charge >= 0.3 is 0 Å². The smallest absolute Gasteiger partial charge is 0.124 e. The van der Waals surface area contributed by atoms with E-state index in [0.29, 0.717) is 0 Å². The molecule has 0 nitrogen and oxygen atoms in total. The molecule has 0 heterocycles. The van der Waals surface area contributed by atoms with Crippen LogP contribution in [0.25, 0.3) is 0 Å². The monoisotopic (exact) mass is 202 g/mol. The Morgan fingerprint density at radius 1 is 1.33 bits per heavy atom. The molecule has 3 heteroatoms. The van der Waals surface area contributed by atoms with Crippen molar-refractivity contribution in [1.29, 1.82) is 0 Å². The summed E-state index contributed by atoms with van der Waals surface area (Å²) < 4.78 is 12.7. The summed E-state index contributed by atoms with van der Waals surface area (Å²) in [6, 6.07) is 6.73. The van der Waals surface area contributed by atoms with Crippen molar-refractivity contribution in [3.05, 3.63) is 30.1 Å². The maximum Gasteiger partial charge on any atom is 0.124 e. The molecule has 1 rings (SSSR count). The van der Waals surface area contributed by atoms with Gasteiger partial charge in [-0.05, 0) is 24.5 Å². The lowest BCUT2D eigenvalue weighted by molar-refractivity contribution is 0.624. The number of hydrogen-bond donors (Lipinski definition) is 0. The van der Waals surface area contributed by atoms with E-state index in [2.05, 4.69) is 6.26 Å². The summed E-state index contributed by atoms with van der Waals surface area (Å²) in [6.07, 6.45) is 2.08. The normalized spacial score (nSPS) is 10.2. The first-order valence-corrected chi connectivity index (χ1v) is 6.08. The summed E-state index contributed by atoms with van der Waals surface area (Å²) in [5.74, 6) is 2.01. The van der Waals surface area contributed by atoms with Gasteiger partial charge in [0.1, 0.15) is 5.82 Å². The average molecular weight is 202 g/mol. The van der Waals surface area contributed by atoms with Crippen LogP contribution in [0.4, 0.5) is 4.39 Å². The molecule has 0 spiro atoms. The second kappa shape index (κ2) is 5.49. The Morgan fingerprint density at radius 2 is 2.17 bits per heavy atom. The lowest BCUT2D eigenvalue weighted by Crippen LogP contribution is -1.82. The van der Waals surface area contributed by atoms with Gasteiger partial charge in [-0.15, -0.1) is 11.8 Å². The Bertz CT molecular complexity index is 238. The van der Waals surface area contributed by atoms with Gasteiger partial charge in [0, 0.05) is 16.4 Å². The summed E-state index contributed by atoms with van der Waals surface area (Å²) in [7, 11) is 0. The van der Waals surface area contributed by atoms with Crippen LogP contribution in [0, 0.1) is 5.82 Å². The van der Waals surface area contributed by atoms with Crippen molar-refractivity contribution >= 4 is 23.5 Å². The predicted molar refractivity (Wildman–Crippen MR) is 55.5 cm³/mol. The van der Waals surface area contributed by atoms with Crippen molar-refractivity contribution in [2.24, 2.45) is 0 Å². The summed E-state index contributed by atoms with van der Waals surface area (Å²) in [4.78, 5) is 1.02. The molecule has 0 amide bonds. The van der Waals surface area contributed by atoms with Crippen LogP contribution in [-0.2, 0) is 0 Å². The topological polar surface area (TPSA) is 0 Å². The third-order valence-electron chi connectivity index (χ3n) is 1.35. The van der Waals surface area contributed by atoms with Crippen LogP contribution >= 0.6 is 23.5 Å².